The summed E-state index contributed by atoms with van der Waals surface area (Å²) in [6.07, 6.45) is 5.48. The van der Waals surface area contributed by atoms with Crippen LogP contribution in [0.4, 0.5) is 0 Å². The van der Waals surface area contributed by atoms with Crippen molar-refractivity contribution in [2.24, 2.45) is 10.9 Å². The number of guanidine groups is 1. The smallest absolute Gasteiger partial charge is 0.194 e. The SMILES string of the molecule is CCNC(=NCc1ccnc(-n2cccn2)c1)N1CCSC(C(C)C)C1. The molecule has 6 nitrogen and oxygen atoms in total. The molecular formula is C19H28N6S. The van der Waals surface area contributed by atoms with Gasteiger partial charge in [-0.1, -0.05) is 13.8 Å². The summed E-state index contributed by atoms with van der Waals surface area (Å²) in [6.45, 7) is 10.4. The van der Waals surface area contributed by atoms with Crippen LogP contribution in [0.15, 0.2) is 41.8 Å². The first-order valence-corrected chi connectivity index (χ1v) is 10.3. The maximum atomic E-state index is 4.89. The summed E-state index contributed by atoms with van der Waals surface area (Å²) in [7, 11) is 0. The lowest BCUT2D eigenvalue weighted by Crippen LogP contribution is -2.49. The fourth-order valence-corrected chi connectivity index (χ4v) is 4.25. The zero-order valence-corrected chi connectivity index (χ0v) is 16.6. The molecule has 0 amide bonds. The van der Waals surface area contributed by atoms with Crippen molar-refractivity contribution in [3.8, 4) is 5.82 Å². The zero-order chi connectivity index (χ0) is 18.4. The highest BCUT2D eigenvalue weighted by molar-refractivity contribution is 8.00. The van der Waals surface area contributed by atoms with Crippen molar-refractivity contribution < 1.29 is 0 Å². The Hall–Kier alpha value is -2.02. The first-order chi connectivity index (χ1) is 12.7. The van der Waals surface area contributed by atoms with Gasteiger partial charge < -0.3 is 10.2 Å². The van der Waals surface area contributed by atoms with E-state index in [1.54, 1.807) is 10.9 Å². The van der Waals surface area contributed by atoms with Crippen LogP contribution in [0.5, 0.6) is 0 Å². The van der Waals surface area contributed by atoms with Gasteiger partial charge in [0, 0.05) is 49.2 Å². The number of rotatable bonds is 5. The third-order valence-corrected chi connectivity index (χ3v) is 5.97. The van der Waals surface area contributed by atoms with E-state index in [2.05, 4.69) is 52.8 Å². The van der Waals surface area contributed by atoms with Gasteiger partial charge in [-0.05, 0) is 36.6 Å². The molecule has 0 radical (unpaired) electrons. The summed E-state index contributed by atoms with van der Waals surface area (Å²) in [4.78, 5) is 11.7. The third kappa shape index (κ3) is 4.78. The van der Waals surface area contributed by atoms with Crippen molar-refractivity contribution in [3.63, 3.8) is 0 Å². The van der Waals surface area contributed by atoms with Crippen LogP contribution in [-0.4, -0.2) is 56.3 Å². The molecule has 1 unspecified atom stereocenters. The van der Waals surface area contributed by atoms with E-state index in [0.29, 0.717) is 17.7 Å². The predicted octanol–water partition coefficient (Wildman–Crippen LogP) is 2.81. The number of aliphatic imine (C=N–C) groups is 1. The van der Waals surface area contributed by atoms with Crippen LogP contribution in [0.2, 0.25) is 0 Å². The minimum Gasteiger partial charge on any atom is -0.357 e. The molecule has 1 N–H and O–H groups in total. The number of nitrogens with zero attached hydrogens (tertiary/aromatic N) is 5. The molecule has 2 aromatic heterocycles. The van der Waals surface area contributed by atoms with Crippen LogP contribution in [-0.2, 0) is 6.54 Å². The van der Waals surface area contributed by atoms with Gasteiger partial charge >= 0.3 is 0 Å². The van der Waals surface area contributed by atoms with E-state index in [0.717, 1.165) is 42.7 Å². The highest BCUT2D eigenvalue weighted by Crippen LogP contribution is 2.25. The molecule has 0 bridgehead atoms. The highest BCUT2D eigenvalue weighted by atomic mass is 32.2. The van der Waals surface area contributed by atoms with E-state index >= 15 is 0 Å². The highest BCUT2D eigenvalue weighted by Gasteiger charge is 2.24. The standard InChI is InChI=1S/C19H28N6S/c1-4-20-19(24-10-11-26-17(14-24)15(2)3)22-13-16-6-8-21-18(12-16)25-9-5-7-23-25/h5-9,12,15,17H,4,10-11,13-14H2,1-3H3,(H,20,22). The number of pyridine rings is 1. The monoisotopic (exact) mass is 372 g/mol. The molecular weight excluding hydrogens is 344 g/mol. The molecule has 7 heteroatoms. The Bertz CT molecular complexity index is 713. The lowest BCUT2D eigenvalue weighted by molar-refractivity contribution is 0.381. The molecule has 140 valence electrons. The lowest BCUT2D eigenvalue weighted by Gasteiger charge is -2.36. The van der Waals surface area contributed by atoms with Crippen molar-refractivity contribution in [3.05, 3.63) is 42.4 Å². The Kier molecular flexibility index (Phi) is 6.55. The quantitative estimate of drug-likeness (QED) is 0.646. The second-order valence-electron chi connectivity index (χ2n) is 6.74. The van der Waals surface area contributed by atoms with Crippen LogP contribution < -0.4 is 5.32 Å². The maximum absolute atomic E-state index is 4.89. The second kappa shape index (κ2) is 9.07. The van der Waals surface area contributed by atoms with Gasteiger partial charge in [-0.3, -0.25) is 0 Å². The van der Waals surface area contributed by atoms with Crippen molar-refractivity contribution in [1.29, 1.82) is 0 Å². The number of aromatic nitrogens is 3. The molecule has 3 rings (SSSR count). The Labute approximate surface area is 160 Å². The van der Waals surface area contributed by atoms with E-state index in [1.165, 1.54) is 0 Å². The molecule has 0 aliphatic carbocycles. The molecule has 1 atom stereocenters. The second-order valence-corrected chi connectivity index (χ2v) is 8.09. The third-order valence-electron chi connectivity index (χ3n) is 4.43. The maximum Gasteiger partial charge on any atom is 0.194 e. The topological polar surface area (TPSA) is 58.3 Å². The number of hydrogen-bond acceptors (Lipinski definition) is 4. The largest absolute Gasteiger partial charge is 0.357 e. The van der Waals surface area contributed by atoms with Gasteiger partial charge in [0.1, 0.15) is 0 Å². The summed E-state index contributed by atoms with van der Waals surface area (Å²) in [5.41, 5.74) is 1.13. The molecule has 26 heavy (non-hydrogen) atoms. The summed E-state index contributed by atoms with van der Waals surface area (Å²) in [5.74, 6) is 3.67. The molecule has 0 saturated carbocycles. The molecule has 1 aliphatic rings. The average Bonchev–Trinajstić information content (AvgIpc) is 3.20. The predicted molar refractivity (Wildman–Crippen MR) is 109 cm³/mol. The minimum absolute atomic E-state index is 0.634. The van der Waals surface area contributed by atoms with Gasteiger partial charge in [-0.2, -0.15) is 16.9 Å². The van der Waals surface area contributed by atoms with E-state index < -0.39 is 0 Å². The summed E-state index contributed by atoms with van der Waals surface area (Å²) in [6, 6.07) is 5.96. The van der Waals surface area contributed by atoms with E-state index in [1.807, 2.05) is 30.6 Å². The van der Waals surface area contributed by atoms with Crippen LogP contribution in [0.25, 0.3) is 5.82 Å². The molecule has 3 heterocycles. The van der Waals surface area contributed by atoms with Gasteiger partial charge in [-0.15, -0.1) is 0 Å². The van der Waals surface area contributed by atoms with Crippen molar-refractivity contribution >= 4 is 17.7 Å². The van der Waals surface area contributed by atoms with Gasteiger partial charge in [0.15, 0.2) is 11.8 Å². The Morgan fingerprint density at radius 2 is 2.31 bits per heavy atom. The zero-order valence-electron chi connectivity index (χ0n) is 15.8. The summed E-state index contributed by atoms with van der Waals surface area (Å²) in [5, 5.41) is 8.37. The first-order valence-electron chi connectivity index (χ1n) is 9.27. The molecule has 2 aromatic rings. The van der Waals surface area contributed by atoms with E-state index in [9.17, 15) is 0 Å². The Balaban J connectivity index is 1.72. The van der Waals surface area contributed by atoms with Gasteiger partial charge in [0.25, 0.3) is 0 Å². The molecule has 1 aliphatic heterocycles. The van der Waals surface area contributed by atoms with Crippen LogP contribution in [0, 0.1) is 5.92 Å². The van der Waals surface area contributed by atoms with Crippen molar-refractivity contribution in [2.45, 2.75) is 32.6 Å². The fourth-order valence-electron chi connectivity index (χ4n) is 2.95. The fraction of sp³-hybridized carbons (Fsp3) is 0.526. The van der Waals surface area contributed by atoms with E-state index in [-0.39, 0.29) is 0 Å². The average molecular weight is 373 g/mol. The van der Waals surface area contributed by atoms with Crippen LogP contribution >= 0.6 is 11.8 Å². The van der Waals surface area contributed by atoms with Crippen LogP contribution in [0.3, 0.4) is 0 Å². The molecule has 0 spiro atoms. The minimum atomic E-state index is 0.634. The lowest BCUT2D eigenvalue weighted by atomic mass is 10.1. The number of thioether (sulfide) groups is 1. The Morgan fingerprint density at radius 1 is 1.42 bits per heavy atom. The summed E-state index contributed by atoms with van der Waals surface area (Å²) < 4.78 is 1.77. The molecule has 1 saturated heterocycles. The first kappa shape index (κ1) is 18.8. The normalized spacial score (nSPS) is 18.4. The Morgan fingerprint density at radius 3 is 3.04 bits per heavy atom. The molecule has 0 aromatic carbocycles. The van der Waals surface area contributed by atoms with Crippen LogP contribution in [0.1, 0.15) is 26.3 Å². The summed E-state index contributed by atoms with van der Waals surface area (Å²) >= 11 is 2.08. The number of nitrogens with one attached hydrogen (secondary N) is 1. The van der Waals surface area contributed by atoms with Gasteiger partial charge in [-0.25, -0.2) is 14.7 Å². The van der Waals surface area contributed by atoms with Crippen molar-refractivity contribution in [2.75, 3.05) is 25.4 Å². The van der Waals surface area contributed by atoms with Crippen molar-refractivity contribution in [1.82, 2.24) is 25.0 Å². The van der Waals surface area contributed by atoms with Gasteiger partial charge in [0.2, 0.25) is 0 Å². The molecule has 1 fully saturated rings. The number of hydrogen-bond donors (Lipinski definition) is 1. The van der Waals surface area contributed by atoms with E-state index in [4.69, 9.17) is 4.99 Å². The van der Waals surface area contributed by atoms with Gasteiger partial charge in [0.05, 0.1) is 6.54 Å².